The number of ether oxygens (including phenoxy) is 2. The molecular formula is C11H15NO3. The molecule has 0 bridgehead atoms. The van der Waals surface area contributed by atoms with Gasteiger partial charge in [-0.1, -0.05) is 13.8 Å². The number of hydrogen-bond acceptors (Lipinski definition) is 4. The lowest BCUT2D eigenvalue weighted by Gasteiger charge is -2.07. The first-order valence-corrected chi connectivity index (χ1v) is 4.80. The predicted molar refractivity (Wildman–Crippen MR) is 55.9 cm³/mol. The molecule has 0 saturated heterocycles. The lowest BCUT2D eigenvalue weighted by Crippen LogP contribution is -2.06. The van der Waals surface area contributed by atoms with Crippen LogP contribution in [0, 0.1) is 5.92 Å². The molecule has 0 N–H and O–H groups in total. The molecule has 82 valence electrons. The van der Waals surface area contributed by atoms with Gasteiger partial charge in [-0.25, -0.2) is 9.78 Å². The van der Waals surface area contributed by atoms with Crippen molar-refractivity contribution in [1.29, 1.82) is 0 Å². The van der Waals surface area contributed by atoms with E-state index < -0.39 is 5.97 Å². The molecular weight excluding hydrogens is 194 g/mol. The van der Waals surface area contributed by atoms with Crippen molar-refractivity contribution in [2.75, 3.05) is 13.7 Å². The maximum atomic E-state index is 11.1. The molecule has 0 aliphatic heterocycles. The van der Waals surface area contributed by atoms with Gasteiger partial charge in [0, 0.05) is 12.3 Å². The molecule has 0 spiro atoms. The van der Waals surface area contributed by atoms with Crippen LogP contribution in [0.4, 0.5) is 0 Å². The molecule has 0 saturated carbocycles. The zero-order valence-electron chi connectivity index (χ0n) is 9.19. The Morgan fingerprint density at radius 1 is 1.47 bits per heavy atom. The lowest BCUT2D eigenvalue weighted by atomic mass is 10.2. The van der Waals surface area contributed by atoms with Crippen LogP contribution < -0.4 is 4.74 Å². The summed E-state index contributed by atoms with van der Waals surface area (Å²) in [6.07, 6.45) is 1.45. The van der Waals surface area contributed by atoms with Gasteiger partial charge in [-0.3, -0.25) is 0 Å². The summed E-state index contributed by atoms with van der Waals surface area (Å²) in [7, 11) is 1.34. The minimum absolute atomic E-state index is 0.391. The fraction of sp³-hybridized carbons (Fsp3) is 0.455. The van der Waals surface area contributed by atoms with E-state index in [1.54, 1.807) is 12.1 Å². The molecule has 1 aromatic heterocycles. The second kappa shape index (κ2) is 5.34. The molecule has 0 unspecified atom stereocenters. The number of nitrogens with zero attached hydrogens (tertiary/aromatic N) is 1. The van der Waals surface area contributed by atoms with Crippen LogP contribution in [-0.2, 0) is 4.74 Å². The summed E-state index contributed by atoms with van der Waals surface area (Å²) < 4.78 is 9.93. The van der Waals surface area contributed by atoms with Gasteiger partial charge in [0.1, 0.15) is 0 Å². The van der Waals surface area contributed by atoms with Crippen molar-refractivity contribution in [3.8, 4) is 5.88 Å². The van der Waals surface area contributed by atoms with Crippen LogP contribution >= 0.6 is 0 Å². The van der Waals surface area contributed by atoms with Crippen molar-refractivity contribution < 1.29 is 14.3 Å². The summed E-state index contributed by atoms with van der Waals surface area (Å²) in [5.74, 6) is 0.585. The Bertz CT molecular complexity index is 319. The summed E-state index contributed by atoms with van der Waals surface area (Å²) in [6.45, 7) is 4.73. The number of aromatic nitrogens is 1. The molecule has 15 heavy (non-hydrogen) atoms. The zero-order valence-corrected chi connectivity index (χ0v) is 9.19. The second-order valence-electron chi connectivity index (χ2n) is 3.58. The topological polar surface area (TPSA) is 48.4 Å². The molecule has 0 fully saturated rings. The Kier molecular flexibility index (Phi) is 4.09. The largest absolute Gasteiger partial charge is 0.477 e. The third-order valence-electron chi connectivity index (χ3n) is 1.72. The van der Waals surface area contributed by atoms with Crippen LogP contribution in [0.15, 0.2) is 18.3 Å². The molecule has 1 rings (SSSR count). The van der Waals surface area contributed by atoms with Crippen LogP contribution in [0.25, 0.3) is 0 Å². The van der Waals surface area contributed by atoms with E-state index in [0.717, 1.165) is 0 Å². The van der Waals surface area contributed by atoms with E-state index in [2.05, 4.69) is 23.6 Å². The molecule has 0 aromatic carbocycles. The number of methoxy groups -OCH3 is 1. The van der Waals surface area contributed by atoms with E-state index in [1.165, 1.54) is 13.3 Å². The van der Waals surface area contributed by atoms with Gasteiger partial charge >= 0.3 is 5.97 Å². The van der Waals surface area contributed by atoms with Gasteiger partial charge in [0.15, 0.2) is 0 Å². The molecule has 0 amide bonds. The normalized spacial score (nSPS) is 10.1. The Hall–Kier alpha value is -1.58. The van der Waals surface area contributed by atoms with Crippen LogP contribution in [0.5, 0.6) is 5.88 Å². The fourth-order valence-corrected chi connectivity index (χ4v) is 0.956. The van der Waals surface area contributed by atoms with Crippen molar-refractivity contribution >= 4 is 5.97 Å². The summed E-state index contributed by atoms with van der Waals surface area (Å²) in [5.41, 5.74) is 0.425. The van der Waals surface area contributed by atoms with Crippen LogP contribution in [0.1, 0.15) is 24.2 Å². The minimum atomic E-state index is -0.391. The summed E-state index contributed by atoms with van der Waals surface area (Å²) in [4.78, 5) is 15.1. The van der Waals surface area contributed by atoms with Crippen LogP contribution in [0.2, 0.25) is 0 Å². The molecule has 4 heteroatoms. The summed E-state index contributed by atoms with van der Waals surface area (Å²) in [6, 6.07) is 3.29. The summed E-state index contributed by atoms with van der Waals surface area (Å²) >= 11 is 0. The smallest absolute Gasteiger partial charge is 0.339 e. The first-order chi connectivity index (χ1) is 7.13. The number of esters is 1. The maximum Gasteiger partial charge on any atom is 0.339 e. The summed E-state index contributed by atoms with van der Waals surface area (Å²) in [5, 5.41) is 0. The molecule has 0 atom stereocenters. The second-order valence-corrected chi connectivity index (χ2v) is 3.58. The highest BCUT2D eigenvalue weighted by atomic mass is 16.5. The molecule has 0 aliphatic rings. The fourth-order valence-electron chi connectivity index (χ4n) is 0.956. The highest BCUT2D eigenvalue weighted by Gasteiger charge is 2.05. The average molecular weight is 209 g/mol. The highest BCUT2D eigenvalue weighted by Crippen LogP contribution is 2.09. The lowest BCUT2D eigenvalue weighted by molar-refractivity contribution is 0.0600. The molecule has 0 radical (unpaired) electrons. The van der Waals surface area contributed by atoms with E-state index in [0.29, 0.717) is 24.0 Å². The van der Waals surface area contributed by atoms with Crippen LogP contribution in [0.3, 0.4) is 0 Å². The van der Waals surface area contributed by atoms with Gasteiger partial charge in [0.2, 0.25) is 5.88 Å². The number of rotatable bonds is 4. The van der Waals surface area contributed by atoms with Crippen molar-refractivity contribution in [2.45, 2.75) is 13.8 Å². The minimum Gasteiger partial charge on any atom is -0.477 e. The monoisotopic (exact) mass is 209 g/mol. The van der Waals surface area contributed by atoms with E-state index >= 15 is 0 Å². The van der Waals surface area contributed by atoms with Crippen molar-refractivity contribution in [3.63, 3.8) is 0 Å². The third kappa shape index (κ3) is 3.58. The van der Waals surface area contributed by atoms with Gasteiger partial charge in [0.25, 0.3) is 0 Å². The maximum absolute atomic E-state index is 11.1. The Labute approximate surface area is 89.2 Å². The van der Waals surface area contributed by atoms with Crippen molar-refractivity contribution in [1.82, 2.24) is 4.98 Å². The highest BCUT2D eigenvalue weighted by molar-refractivity contribution is 5.88. The zero-order chi connectivity index (χ0) is 11.3. The van der Waals surface area contributed by atoms with Crippen LogP contribution in [-0.4, -0.2) is 24.7 Å². The number of carbonyl (C=O) groups excluding carboxylic acids is 1. The van der Waals surface area contributed by atoms with Gasteiger partial charge in [0.05, 0.1) is 19.3 Å². The Balaban J connectivity index is 2.60. The quantitative estimate of drug-likeness (QED) is 0.710. The van der Waals surface area contributed by atoms with E-state index in [-0.39, 0.29) is 0 Å². The predicted octanol–water partition coefficient (Wildman–Crippen LogP) is 1.90. The van der Waals surface area contributed by atoms with Gasteiger partial charge in [-0.05, 0) is 12.0 Å². The Morgan fingerprint density at radius 3 is 2.67 bits per heavy atom. The van der Waals surface area contributed by atoms with Crippen molar-refractivity contribution in [2.24, 2.45) is 5.92 Å². The van der Waals surface area contributed by atoms with Gasteiger partial charge in [-0.2, -0.15) is 0 Å². The number of carbonyl (C=O) groups is 1. The number of hydrogen-bond donors (Lipinski definition) is 0. The molecule has 1 aromatic rings. The third-order valence-corrected chi connectivity index (χ3v) is 1.72. The standard InChI is InChI=1S/C11H15NO3/c1-8(2)7-15-10-5-4-9(6-12-10)11(13)14-3/h4-6,8H,7H2,1-3H3. The van der Waals surface area contributed by atoms with E-state index in [4.69, 9.17) is 4.74 Å². The first kappa shape index (κ1) is 11.5. The molecule has 0 aliphatic carbocycles. The molecule has 1 heterocycles. The molecule has 4 nitrogen and oxygen atoms in total. The SMILES string of the molecule is COC(=O)c1ccc(OCC(C)C)nc1. The first-order valence-electron chi connectivity index (χ1n) is 4.80. The van der Waals surface area contributed by atoms with E-state index in [1.807, 2.05) is 0 Å². The number of pyridine rings is 1. The van der Waals surface area contributed by atoms with Gasteiger partial charge < -0.3 is 9.47 Å². The average Bonchev–Trinajstić information content (AvgIpc) is 2.26. The Morgan fingerprint density at radius 2 is 2.20 bits per heavy atom. The van der Waals surface area contributed by atoms with Crippen molar-refractivity contribution in [3.05, 3.63) is 23.9 Å². The van der Waals surface area contributed by atoms with E-state index in [9.17, 15) is 4.79 Å². The van der Waals surface area contributed by atoms with Gasteiger partial charge in [-0.15, -0.1) is 0 Å².